The predicted octanol–water partition coefficient (Wildman–Crippen LogP) is 2.36. The number of halogens is 2. The van der Waals surface area contributed by atoms with E-state index in [0.717, 1.165) is 19.2 Å². The average molecular weight is 242 g/mol. The normalized spacial score (nSPS) is 11.2. The fourth-order valence-corrected chi connectivity index (χ4v) is 1.52. The zero-order chi connectivity index (χ0) is 12.8. The summed E-state index contributed by atoms with van der Waals surface area (Å²) in [6.45, 7) is 7.80. The van der Waals surface area contributed by atoms with Gasteiger partial charge < -0.3 is 10.6 Å². The van der Waals surface area contributed by atoms with E-state index in [4.69, 9.17) is 0 Å². The minimum absolute atomic E-state index is 0.423. The van der Waals surface area contributed by atoms with Crippen molar-refractivity contribution in [3.8, 4) is 0 Å². The fraction of sp³-hybridized carbons (Fsp3) is 0.538. The van der Waals surface area contributed by atoms with Gasteiger partial charge in [-0.15, -0.1) is 0 Å². The number of rotatable bonds is 6. The molecule has 0 aromatic heterocycles. The molecule has 1 rings (SSSR count). The quantitative estimate of drug-likeness (QED) is 0.748. The summed E-state index contributed by atoms with van der Waals surface area (Å²) < 4.78 is 26.4. The Morgan fingerprint density at radius 3 is 2.47 bits per heavy atom. The van der Waals surface area contributed by atoms with Crippen LogP contribution in [0.4, 0.5) is 8.78 Å². The van der Waals surface area contributed by atoms with Crippen LogP contribution in [-0.4, -0.2) is 19.1 Å². The van der Waals surface area contributed by atoms with Gasteiger partial charge in [0, 0.05) is 37.3 Å². The number of hydrogen-bond acceptors (Lipinski definition) is 2. The monoisotopic (exact) mass is 242 g/mol. The van der Waals surface area contributed by atoms with E-state index >= 15 is 0 Å². The maximum Gasteiger partial charge on any atom is 0.130 e. The van der Waals surface area contributed by atoms with Crippen molar-refractivity contribution in [3.05, 3.63) is 34.9 Å². The first-order chi connectivity index (χ1) is 8.00. The van der Waals surface area contributed by atoms with Crippen molar-refractivity contribution < 1.29 is 8.78 Å². The predicted molar refractivity (Wildman–Crippen MR) is 65.9 cm³/mol. The topological polar surface area (TPSA) is 24.1 Å². The van der Waals surface area contributed by atoms with Crippen LogP contribution in [0.25, 0.3) is 0 Å². The summed E-state index contributed by atoms with van der Waals surface area (Å²) >= 11 is 0. The second-order valence-corrected chi connectivity index (χ2v) is 4.48. The van der Waals surface area contributed by atoms with Crippen LogP contribution in [0.3, 0.4) is 0 Å². The van der Waals surface area contributed by atoms with Crippen LogP contribution in [0.2, 0.25) is 0 Å². The maximum atomic E-state index is 13.4. The molecule has 2 N–H and O–H groups in total. The molecule has 0 aliphatic heterocycles. The Kier molecular flexibility index (Phi) is 5.51. The highest BCUT2D eigenvalue weighted by atomic mass is 19.1. The van der Waals surface area contributed by atoms with Gasteiger partial charge >= 0.3 is 0 Å². The van der Waals surface area contributed by atoms with Gasteiger partial charge in [0.25, 0.3) is 0 Å². The third-order valence-corrected chi connectivity index (χ3v) is 2.50. The third kappa shape index (κ3) is 4.79. The van der Waals surface area contributed by atoms with Crippen LogP contribution in [0.5, 0.6) is 0 Å². The van der Waals surface area contributed by atoms with Crippen LogP contribution in [0, 0.1) is 18.6 Å². The molecule has 0 heterocycles. The van der Waals surface area contributed by atoms with Crippen molar-refractivity contribution in [2.45, 2.75) is 33.4 Å². The maximum absolute atomic E-state index is 13.4. The summed E-state index contributed by atoms with van der Waals surface area (Å²) in [6, 6.07) is 2.94. The molecule has 0 fully saturated rings. The Labute approximate surface area is 101 Å². The molecule has 0 radical (unpaired) electrons. The Morgan fingerprint density at radius 1 is 1.12 bits per heavy atom. The highest BCUT2D eigenvalue weighted by Gasteiger charge is 2.06. The van der Waals surface area contributed by atoms with E-state index in [-0.39, 0.29) is 0 Å². The summed E-state index contributed by atoms with van der Waals surface area (Å²) in [6.07, 6.45) is 0. The molecule has 2 nitrogen and oxygen atoms in total. The average Bonchev–Trinajstić information content (AvgIpc) is 2.24. The van der Waals surface area contributed by atoms with Gasteiger partial charge in [0.15, 0.2) is 0 Å². The molecule has 1 aromatic carbocycles. The molecule has 0 saturated heterocycles. The SMILES string of the molecule is Cc1cc(CNCCNC(C)C)c(F)cc1F. The summed E-state index contributed by atoms with van der Waals surface area (Å²) in [5.41, 5.74) is 0.983. The van der Waals surface area contributed by atoms with Crippen molar-refractivity contribution in [1.82, 2.24) is 10.6 Å². The molecular formula is C13H20F2N2. The Hall–Kier alpha value is -1.00. The first kappa shape index (κ1) is 14.1. The van der Waals surface area contributed by atoms with Gasteiger partial charge in [-0.1, -0.05) is 13.8 Å². The van der Waals surface area contributed by atoms with E-state index in [1.807, 2.05) is 0 Å². The lowest BCUT2D eigenvalue weighted by Gasteiger charge is -2.10. The van der Waals surface area contributed by atoms with Crippen LogP contribution in [0.15, 0.2) is 12.1 Å². The largest absolute Gasteiger partial charge is 0.313 e. The molecule has 0 saturated carbocycles. The van der Waals surface area contributed by atoms with Gasteiger partial charge in [-0.25, -0.2) is 8.78 Å². The van der Waals surface area contributed by atoms with Gasteiger partial charge in [-0.05, 0) is 18.6 Å². The molecule has 96 valence electrons. The zero-order valence-electron chi connectivity index (χ0n) is 10.6. The van der Waals surface area contributed by atoms with Crippen molar-refractivity contribution in [2.24, 2.45) is 0 Å². The smallest absolute Gasteiger partial charge is 0.130 e. The Bertz CT molecular complexity index is 365. The van der Waals surface area contributed by atoms with Gasteiger partial charge in [0.05, 0.1) is 0 Å². The lowest BCUT2D eigenvalue weighted by atomic mass is 10.1. The first-order valence-electron chi connectivity index (χ1n) is 5.89. The second-order valence-electron chi connectivity index (χ2n) is 4.48. The van der Waals surface area contributed by atoms with Gasteiger partial charge in [0.1, 0.15) is 11.6 Å². The summed E-state index contributed by atoms with van der Waals surface area (Å²) in [7, 11) is 0. The van der Waals surface area contributed by atoms with Crippen molar-refractivity contribution >= 4 is 0 Å². The summed E-state index contributed by atoms with van der Waals surface area (Å²) in [5.74, 6) is -0.981. The third-order valence-electron chi connectivity index (χ3n) is 2.50. The van der Waals surface area contributed by atoms with Crippen LogP contribution in [0.1, 0.15) is 25.0 Å². The van der Waals surface area contributed by atoms with Crippen molar-refractivity contribution in [2.75, 3.05) is 13.1 Å². The lowest BCUT2D eigenvalue weighted by molar-refractivity contribution is 0.536. The van der Waals surface area contributed by atoms with E-state index in [9.17, 15) is 8.78 Å². The molecule has 0 aliphatic rings. The number of aryl methyl sites for hydroxylation is 1. The Morgan fingerprint density at radius 2 is 1.82 bits per heavy atom. The molecule has 0 spiro atoms. The van der Waals surface area contributed by atoms with Gasteiger partial charge in [0.2, 0.25) is 0 Å². The van der Waals surface area contributed by atoms with E-state index in [0.29, 0.717) is 23.7 Å². The minimum Gasteiger partial charge on any atom is -0.313 e. The summed E-state index contributed by atoms with van der Waals surface area (Å²) in [5, 5.41) is 6.37. The zero-order valence-corrected chi connectivity index (χ0v) is 10.6. The molecule has 0 unspecified atom stereocenters. The van der Waals surface area contributed by atoms with Gasteiger partial charge in [-0.3, -0.25) is 0 Å². The van der Waals surface area contributed by atoms with Crippen LogP contribution >= 0.6 is 0 Å². The summed E-state index contributed by atoms with van der Waals surface area (Å²) in [4.78, 5) is 0. The highest BCUT2D eigenvalue weighted by Crippen LogP contribution is 2.13. The van der Waals surface area contributed by atoms with E-state index < -0.39 is 11.6 Å². The van der Waals surface area contributed by atoms with Gasteiger partial charge in [-0.2, -0.15) is 0 Å². The molecule has 0 aliphatic carbocycles. The molecular weight excluding hydrogens is 222 g/mol. The minimum atomic E-state index is -0.493. The molecule has 0 bridgehead atoms. The lowest BCUT2D eigenvalue weighted by Crippen LogP contribution is -2.31. The highest BCUT2D eigenvalue weighted by molar-refractivity contribution is 5.25. The second kappa shape index (κ2) is 6.67. The standard InChI is InChI=1S/C13H20F2N2/c1-9(2)17-5-4-16-8-11-6-10(3)12(14)7-13(11)15/h6-7,9,16-17H,4-5,8H2,1-3H3. The number of nitrogens with one attached hydrogen (secondary N) is 2. The molecule has 17 heavy (non-hydrogen) atoms. The van der Waals surface area contributed by atoms with Crippen LogP contribution < -0.4 is 10.6 Å². The number of benzene rings is 1. The van der Waals surface area contributed by atoms with Crippen LogP contribution in [-0.2, 0) is 6.54 Å². The van der Waals surface area contributed by atoms with Crippen molar-refractivity contribution in [3.63, 3.8) is 0 Å². The van der Waals surface area contributed by atoms with E-state index in [1.165, 1.54) is 0 Å². The first-order valence-corrected chi connectivity index (χ1v) is 5.89. The molecule has 0 amide bonds. The molecule has 4 heteroatoms. The Balaban J connectivity index is 2.39. The van der Waals surface area contributed by atoms with E-state index in [1.54, 1.807) is 13.0 Å². The molecule has 0 atom stereocenters. The molecule has 1 aromatic rings. The van der Waals surface area contributed by atoms with E-state index in [2.05, 4.69) is 24.5 Å². The number of hydrogen-bond donors (Lipinski definition) is 2. The van der Waals surface area contributed by atoms with Crippen molar-refractivity contribution in [1.29, 1.82) is 0 Å². The fourth-order valence-electron chi connectivity index (χ4n) is 1.52.